The molecular formula is C24H28N8O3. The number of amides is 2. The first kappa shape index (κ1) is 22.6. The molecule has 0 radical (unpaired) electrons. The maximum absolute atomic E-state index is 12.9. The highest BCUT2D eigenvalue weighted by Crippen LogP contribution is 2.34. The second-order valence-corrected chi connectivity index (χ2v) is 8.55. The number of anilines is 1. The largest absolute Gasteiger partial charge is 0.452 e. The van der Waals surface area contributed by atoms with Crippen LogP contribution in [0.2, 0.25) is 0 Å². The van der Waals surface area contributed by atoms with E-state index in [0.717, 1.165) is 46.6 Å². The number of imidazole rings is 1. The number of fused-ring (bicyclic) bond motifs is 3. The lowest BCUT2D eigenvalue weighted by Gasteiger charge is -2.28. The van der Waals surface area contributed by atoms with E-state index in [1.807, 2.05) is 53.0 Å². The van der Waals surface area contributed by atoms with Crippen molar-refractivity contribution in [2.45, 2.75) is 38.9 Å². The Morgan fingerprint density at radius 1 is 1.20 bits per heavy atom. The second kappa shape index (κ2) is 9.61. The molecule has 0 fully saturated rings. The zero-order valence-corrected chi connectivity index (χ0v) is 19.8. The SMILES string of the molecule is COC(=O)N1CCCc2c1ccc1c2nc(CCn2cccn2)n1CC(=O)NCc1ccn(C)n1. The van der Waals surface area contributed by atoms with Crippen LogP contribution >= 0.6 is 0 Å². The molecule has 0 atom stereocenters. The molecule has 0 aliphatic carbocycles. The average Bonchev–Trinajstić information content (AvgIpc) is 3.61. The number of methoxy groups -OCH3 is 1. The van der Waals surface area contributed by atoms with Crippen molar-refractivity contribution < 1.29 is 14.3 Å². The van der Waals surface area contributed by atoms with E-state index in [-0.39, 0.29) is 18.5 Å². The number of nitrogens with zero attached hydrogens (tertiary/aromatic N) is 7. The van der Waals surface area contributed by atoms with Crippen molar-refractivity contribution in [2.24, 2.45) is 7.05 Å². The number of hydrogen-bond donors (Lipinski definition) is 1. The Hall–Kier alpha value is -4.15. The van der Waals surface area contributed by atoms with Gasteiger partial charge in [0.25, 0.3) is 0 Å². The molecule has 3 aromatic heterocycles. The van der Waals surface area contributed by atoms with Gasteiger partial charge in [0.1, 0.15) is 12.4 Å². The van der Waals surface area contributed by atoms with E-state index in [0.29, 0.717) is 26.1 Å². The third-order valence-corrected chi connectivity index (χ3v) is 6.24. The fourth-order valence-corrected chi connectivity index (χ4v) is 4.58. The number of rotatable bonds is 7. The Morgan fingerprint density at radius 2 is 2.09 bits per heavy atom. The molecule has 0 saturated carbocycles. The molecule has 0 saturated heterocycles. The molecule has 11 heteroatoms. The minimum Gasteiger partial charge on any atom is -0.452 e. The number of hydrogen-bond acceptors (Lipinski definition) is 6. The number of ether oxygens (including phenoxy) is 1. The lowest BCUT2D eigenvalue weighted by atomic mass is 10.0. The van der Waals surface area contributed by atoms with Gasteiger partial charge in [0, 0.05) is 50.7 Å². The molecule has 1 N–H and O–H groups in total. The summed E-state index contributed by atoms with van der Waals surface area (Å²) in [5.41, 5.74) is 4.32. The summed E-state index contributed by atoms with van der Waals surface area (Å²) in [6.07, 6.45) is 7.35. The number of nitrogens with one attached hydrogen (secondary N) is 1. The molecule has 0 spiro atoms. The van der Waals surface area contributed by atoms with E-state index in [1.165, 1.54) is 7.11 Å². The first-order valence-electron chi connectivity index (χ1n) is 11.6. The number of aromatic nitrogens is 6. The fourth-order valence-electron chi connectivity index (χ4n) is 4.58. The van der Waals surface area contributed by atoms with Crippen LogP contribution in [0.4, 0.5) is 10.5 Å². The number of benzene rings is 1. The smallest absolute Gasteiger partial charge is 0.414 e. The monoisotopic (exact) mass is 476 g/mol. The van der Waals surface area contributed by atoms with Crippen LogP contribution in [0.5, 0.6) is 0 Å². The van der Waals surface area contributed by atoms with E-state index < -0.39 is 0 Å². The van der Waals surface area contributed by atoms with E-state index in [2.05, 4.69) is 15.5 Å². The van der Waals surface area contributed by atoms with Crippen LogP contribution < -0.4 is 10.2 Å². The van der Waals surface area contributed by atoms with Crippen molar-refractivity contribution >= 4 is 28.7 Å². The van der Waals surface area contributed by atoms with Crippen LogP contribution in [-0.2, 0) is 49.1 Å². The predicted octanol–water partition coefficient (Wildman–Crippen LogP) is 2.04. The van der Waals surface area contributed by atoms with Crippen LogP contribution in [-0.4, -0.2) is 54.8 Å². The van der Waals surface area contributed by atoms with Gasteiger partial charge < -0.3 is 14.6 Å². The van der Waals surface area contributed by atoms with Gasteiger partial charge in [0.05, 0.1) is 36.1 Å². The van der Waals surface area contributed by atoms with Crippen LogP contribution in [0.3, 0.4) is 0 Å². The van der Waals surface area contributed by atoms with Gasteiger partial charge in [0.15, 0.2) is 0 Å². The highest BCUT2D eigenvalue weighted by molar-refractivity contribution is 5.95. The van der Waals surface area contributed by atoms with Gasteiger partial charge in [-0.1, -0.05) is 0 Å². The van der Waals surface area contributed by atoms with Crippen molar-refractivity contribution in [1.82, 2.24) is 34.4 Å². The quantitative estimate of drug-likeness (QED) is 0.437. The van der Waals surface area contributed by atoms with Crippen molar-refractivity contribution in [1.29, 1.82) is 0 Å². The highest BCUT2D eigenvalue weighted by atomic mass is 16.5. The Kier molecular flexibility index (Phi) is 6.21. The molecule has 1 aliphatic rings. The third-order valence-electron chi connectivity index (χ3n) is 6.24. The molecule has 4 aromatic rings. The van der Waals surface area contributed by atoms with Crippen molar-refractivity contribution in [2.75, 3.05) is 18.6 Å². The maximum Gasteiger partial charge on any atom is 0.414 e. The van der Waals surface area contributed by atoms with Crippen molar-refractivity contribution in [3.05, 3.63) is 59.9 Å². The van der Waals surface area contributed by atoms with Gasteiger partial charge in [0.2, 0.25) is 5.91 Å². The Bertz CT molecular complexity index is 1350. The van der Waals surface area contributed by atoms with Gasteiger partial charge in [-0.25, -0.2) is 9.78 Å². The van der Waals surface area contributed by atoms with Gasteiger partial charge in [-0.05, 0) is 37.1 Å². The minimum atomic E-state index is -0.377. The van der Waals surface area contributed by atoms with Crippen molar-refractivity contribution in [3.8, 4) is 0 Å². The van der Waals surface area contributed by atoms with Crippen LogP contribution in [0.25, 0.3) is 11.0 Å². The fraction of sp³-hybridized carbons (Fsp3) is 0.375. The average molecular weight is 477 g/mol. The molecule has 2 amide bonds. The lowest BCUT2D eigenvalue weighted by molar-refractivity contribution is -0.121. The van der Waals surface area contributed by atoms with Crippen molar-refractivity contribution in [3.63, 3.8) is 0 Å². The first-order valence-corrected chi connectivity index (χ1v) is 11.6. The second-order valence-electron chi connectivity index (χ2n) is 8.55. The summed E-state index contributed by atoms with van der Waals surface area (Å²) in [7, 11) is 3.23. The minimum absolute atomic E-state index is 0.121. The molecule has 1 aliphatic heterocycles. The Morgan fingerprint density at radius 3 is 2.83 bits per heavy atom. The molecule has 35 heavy (non-hydrogen) atoms. The maximum atomic E-state index is 12.9. The summed E-state index contributed by atoms with van der Waals surface area (Å²) < 4.78 is 10.5. The summed E-state index contributed by atoms with van der Waals surface area (Å²) in [4.78, 5) is 31.8. The number of carbonyl (C=O) groups excluding carboxylic acids is 2. The normalized spacial score (nSPS) is 13.1. The Balaban J connectivity index is 1.46. The van der Waals surface area contributed by atoms with E-state index in [1.54, 1.807) is 15.8 Å². The molecule has 1 aromatic carbocycles. The summed E-state index contributed by atoms with van der Waals surface area (Å²) in [6, 6.07) is 7.62. The summed E-state index contributed by atoms with van der Waals surface area (Å²) in [5.74, 6) is 0.677. The van der Waals surface area contributed by atoms with Crippen LogP contribution in [0, 0.1) is 0 Å². The molecule has 11 nitrogen and oxygen atoms in total. The molecule has 5 rings (SSSR count). The lowest BCUT2D eigenvalue weighted by Crippen LogP contribution is -2.35. The standard InChI is InChI=1S/C24H28N8O3/c1-29-13-8-17(28-29)15-25-22(33)16-32-20-7-6-19-18(5-3-12-31(19)24(34)35-2)23(20)27-21(32)9-14-30-11-4-10-26-30/h4,6-8,10-11,13H,3,5,9,12,14-16H2,1-2H3,(H,25,33). The summed E-state index contributed by atoms with van der Waals surface area (Å²) in [5, 5.41) is 11.5. The van der Waals surface area contributed by atoms with Gasteiger partial charge in [-0.3, -0.25) is 19.1 Å². The molecule has 0 bridgehead atoms. The number of aryl methyl sites for hydroxylation is 4. The summed E-state index contributed by atoms with van der Waals surface area (Å²) >= 11 is 0. The van der Waals surface area contributed by atoms with E-state index in [9.17, 15) is 9.59 Å². The molecule has 0 unspecified atom stereocenters. The van der Waals surface area contributed by atoms with E-state index >= 15 is 0 Å². The predicted molar refractivity (Wildman–Crippen MR) is 129 cm³/mol. The highest BCUT2D eigenvalue weighted by Gasteiger charge is 2.27. The molecular weight excluding hydrogens is 448 g/mol. The van der Waals surface area contributed by atoms with Gasteiger partial charge in [-0.15, -0.1) is 0 Å². The molecule has 4 heterocycles. The Labute approximate surface area is 202 Å². The van der Waals surface area contributed by atoms with Crippen LogP contribution in [0.1, 0.15) is 23.5 Å². The zero-order chi connectivity index (χ0) is 24.4. The van der Waals surface area contributed by atoms with Gasteiger partial charge >= 0.3 is 6.09 Å². The zero-order valence-electron chi connectivity index (χ0n) is 19.8. The third kappa shape index (κ3) is 4.61. The topological polar surface area (TPSA) is 112 Å². The number of carbonyl (C=O) groups is 2. The summed E-state index contributed by atoms with van der Waals surface area (Å²) in [6.45, 7) is 1.74. The first-order chi connectivity index (χ1) is 17.0. The van der Waals surface area contributed by atoms with Gasteiger partial charge in [-0.2, -0.15) is 10.2 Å². The van der Waals surface area contributed by atoms with Crippen LogP contribution in [0.15, 0.2) is 42.9 Å². The van der Waals surface area contributed by atoms with E-state index in [4.69, 9.17) is 9.72 Å². The molecule has 182 valence electrons.